The number of hydrogen-bond acceptors (Lipinski definition) is 0. The van der Waals surface area contributed by atoms with Crippen molar-refractivity contribution in [3.8, 4) is 55.6 Å². The zero-order valence-electron chi connectivity index (χ0n) is 42.8. The van der Waals surface area contributed by atoms with Gasteiger partial charge in [0.05, 0.1) is 33.1 Å². The zero-order chi connectivity index (χ0) is 50.2. The first-order valence-corrected chi connectivity index (χ1v) is 26.6. The summed E-state index contributed by atoms with van der Waals surface area (Å²) in [4.78, 5) is 0. The van der Waals surface area contributed by atoms with E-state index >= 15 is 0 Å². The molecular formula is C73H52N2. The Morgan fingerprint density at radius 1 is 0.373 bits per heavy atom. The number of fused-ring (bicyclic) bond motifs is 16. The van der Waals surface area contributed by atoms with E-state index < -0.39 is 0 Å². The van der Waals surface area contributed by atoms with E-state index in [1.54, 1.807) is 0 Å². The first-order valence-electron chi connectivity index (χ1n) is 26.6. The van der Waals surface area contributed by atoms with Gasteiger partial charge in [0, 0.05) is 65.0 Å². The van der Waals surface area contributed by atoms with Crippen LogP contribution in [0.2, 0.25) is 0 Å². The van der Waals surface area contributed by atoms with E-state index in [1.165, 1.54) is 165 Å². The predicted octanol–water partition coefficient (Wildman–Crippen LogP) is 19.8. The van der Waals surface area contributed by atoms with Crippen LogP contribution in [0.3, 0.4) is 0 Å². The minimum Gasteiger partial charge on any atom is -0.307 e. The van der Waals surface area contributed by atoms with Crippen molar-refractivity contribution in [2.24, 2.45) is 0 Å². The van der Waals surface area contributed by atoms with Crippen LogP contribution in [0.1, 0.15) is 56.9 Å². The van der Waals surface area contributed by atoms with Crippen molar-refractivity contribution in [1.82, 2.24) is 8.80 Å². The van der Waals surface area contributed by atoms with Gasteiger partial charge >= 0.3 is 0 Å². The molecule has 0 radical (unpaired) electrons. The second-order valence-corrected chi connectivity index (χ2v) is 22.4. The molecule has 2 heteroatoms. The Morgan fingerprint density at radius 2 is 0.827 bits per heavy atom. The highest BCUT2D eigenvalue weighted by atomic mass is 14.9. The summed E-state index contributed by atoms with van der Waals surface area (Å²) < 4.78 is 5.30. The average molecular weight is 957 g/mol. The van der Waals surface area contributed by atoms with Gasteiger partial charge in [-0.1, -0.05) is 228 Å². The number of benzene rings is 10. The molecule has 14 aromatic rings. The van der Waals surface area contributed by atoms with Crippen molar-refractivity contribution in [1.29, 1.82) is 0 Å². The Balaban J connectivity index is 1.07. The van der Waals surface area contributed by atoms with E-state index in [2.05, 4.69) is 256 Å². The van der Waals surface area contributed by atoms with Gasteiger partial charge in [0.25, 0.3) is 0 Å². The highest BCUT2D eigenvalue weighted by molar-refractivity contribution is 6.39. The van der Waals surface area contributed by atoms with Crippen LogP contribution >= 0.6 is 0 Å². The maximum atomic E-state index is 3.99. The van der Waals surface area contributed by atoms with Crippen LogP contribution in [0, 0.1) is 0 Å². The third kappa shape index (κ3) is 5.33. The molecule has 354 valence electrons. The van der Waals surface area contributed by atoms with Gasteiger partial charge in [-0.15, -0.1) is 0 Å². The van der Waals surface area contributed by atoms with Gasteiger partial charge in [-0.05, 0) is 104 Å². The van der Waals surface area contributed by atoms with Crippen molar-refractivity contribution in [2.75, 3.05) is 0 Å². The minimum absolute atomic E-state index is 0.109. The number of allylic oxidation sites excluding steroid dienone is 5. The fraction of sp³-hybridized carbons (Fsp3) is 0.0959. The second-order valence-electron chi connectivity index (χ2n) is 22.4. The van der Waals surface area contributed by atoms with E-state index in [0.717, 1.165) is 0 Å². The van der Waals surface area contributed by atoms with Crippen molar-refractivity contribution in [2.45, 2.75) is 45.4 Å². The molecule has 0 saturated carbocycles. The lowest BCUT2D eigenvalue weighted by molar-refractivity contribution is 0.639. The lowest BCUT2D eigenvalue weighted by Crippen LogP contribution is -2.15. The largest absolute Gasteiger partial charge is 0.307 e. The Bertz CT molecular complexity index is 4840. The molecule has 2 aliphatic carbocycles. The molecule has 0 unspecified atom stereocenters. The summed E-state index contributed by atoms with van der Waals surface area (Å²) >= 11 is 0. The van der Waals surface area contributed by atoms with Gasteiger partial charge in [-0.2, -0.15) is 0 Å². The summed E-state index contributed by atoms with van der Waals surface area (Å²) in [7, 11) is 0. The molecule has 2 nitrogen and oxygen atoms in total. The Labute approximate surface area is 436 Å². The molecule has 2 aliphatic rings. The van der Waals surface area contributed by atoms with E-state index in [1.807, 2.05) is 6.08 Å². The number of hydrogen-bond donors (Lipinski definition) is 0. The monoisotopic (exact) mass is 956 g/mol. The summed E-state index contributed by atoms with van der Waals surface area (Å²) in [6.07, 6.45) is 6.17. The third-order valence-corrected chi connectivity index (χ3v) is 18.1. The Morgan fingerprint density at radius 3 is 1.37 bits per heavy atom. The van der Waals surface area contributed by atoms with Gasteiger partial charge in [0.2, 0.25) is 0 Å². The highest BCUT2D eigenvalue weighted by Gasteiger charge is 2.38. The first kappa shape index (κ1) is 42.5. The van der Waals surface area contributed by atoms with E-state index in [9.17, 15) is 0 Å². The molecule has 4 aromatic heterocycles. The van der Waals surface area contributed by atoms with Gasteiger partial charge in [-0.3, -0.25) is 0 Å². The molecule has 0 fully saturated rings. The Hall–Kier alpha value is -8.98. The van der Waals surface area contributed by atoms with Crippen LogP contribution in [0.15, 0.2) is 225 Å². The molecule has 0 atom stereocenters. The number of aromatic nitrogens is 2. The molecule has 0 aliphatic heterocycles. The SMILES string of the molecule is C=C/C=C\C1=C(C)C(C)(C)c2cc(-c3ccc4c5c(-c6ccccc6)c6c(c(-c7ccccc7)c5n5c7ccccc7c3c45)c3ccc(-c4ccc5c(c4)C(C)(C)c4ccccc4-5)c4c5ccccc5n6c34)ccc21. The maximum Gasteiger partial charge on any atom is 0.0634 e. The van der Waals surface area contributed by atoms with Gasteiger partial charge in [0.15, 0.2) is 0 Å². The number of para-hydroxylation sites is 2. The molecule has 0 spiro atoms. The van der Waals surface area contributed by atoms with Crippen LogP contribution in [0.25, 0.3) is 137 Å². The van der Waals surface area contributed by atoms with Crippen LogP contribution in [0.4, 0.5) is 0 Å². The van der Waals surface area contributed by atoms with Crippen LogP contribution in [-0.4, -0.2) is 8.80 Å². The zero-order valence-corrected chi connectivity index (χ0v) is 42.8. The summed E-state index contributed by atoms with van der Waals surface area (Å²) in [5.41, 5.74) is 28.1. The van der Waals surface area contributed by atoms with Gasteiger partial charge in [-0.25, -0.2) is 0 Å². The lowest BCUT2D eigenvalue weighted by Gasteiger charge is -2.23. The molecule has 0 saturated heterocycles. The van der Waals surface area contributed by atoms with Crippen molar-refractivity contribution in [3.63, 3.8) is 0 Å². The van der Waals surface area contributed by atoms with Crippen molar-refractivity contribution < 1.29 is 0 Å². The first-order chi connectivity index (χ1) is 36.7. The summed E-state index contributed by atoms with van der Waals surface area (Å²) in [6.45, 7) is 15.8. The second kappa shape index (κ2) is 14.8. The molecule has 4 heterocycles. The van der Waals surface area contributed by atoms with E-state index in [4.69, 9.17) is 0 Å². The molecule has 16 rings (SSSR count). The fourth-order valence-corrected chi connectivity index (χ4v) is 14.5. The third-order valence-electron chi connectivity index (χ3n) is 18.1. The van der Waals surface area contributed by atoms with Crippen LogP contribution in [0.5, 0.6) is 0 Å². The Kier molecular flexibility index (Phi) is 8.41. The molecule has 0 amide bonds. The normalized spacial score (nSPS) is 14.9. The van der Waals surface area contributed by atoms with Gasteiger partial charge in [0.1, 0.15) is 0 Å². The van der Waals surface area contributed by atoms with Crippen molar-refractivity contribution in [3.05, 3.63) is 247 Å². The van der Waals surface area contributed by atoms with Crippen molar-refractivity contribution >= 4 is 81.8 Å². The molecule has 0 N–H and O–H groups in total. The summed E-state index contributed by atoms with van der Waals surface area (Å²) in [5, 5.41) is 10.2. The van der Waals surface area contributed by atoms with E-state index in [-0.39, 0.29) is 10.8 Å². The lowest BCUT2D eigenvalue weighted by atomic mass is 9.81. The fourth-order valence-electron chi connectivity index (χ4n) is 14.5. The summed E-state index contributed by atoms with van der Waals surface area (Å²) in [6, 6.07) is 73.9. The van der Waals surface area contributed by atoms with Crippen LogP contribution < -0.4 is 0 Å². The van der Waals surface area contributed by atoms with E-state index in [0.29, 0.717) is 0 Å². The topological polar surface area (TPSA) is 8.82 Å². The van der Waals surface area contributed by atoms with Crippen LogP contribution in [-0.2, 0) is 10.8 Å². The predicted molar refractivity (Wildman–Crippen MR) is 320 cm³/mol. The minimum atomic E-state index is -0.116. The summed E-state index contributed by atoms with van der Waals surface area (Å²) in [5.74, 6) is 0. The molecule has 75 heavy (non-hydrogen) atoms. The molecule has 0 bridgehead atoms. The maximum absolute atomic E-state index is 3.99. The number of nitrogens with zero attached hydrogens (tertiary/aromatic N) is 2. The average Bonchev–Trinajstić information content (AvgIpc) is 4.41. The quantitative estimate of drug-likeness (QED) is 0.147. The highest BCUT2D eigenvalue weighted by Crippen LogP contribution is 2.57. The number of rotatable bonds is 6. The molecular weight excluding hydrogens is 905 g/mol. The smallest absolute Gasteiger partial charge is 0.0634 e. The molecule has 10 aromatic carbocycles. The standard InChI is InChI=1S/C73H52N2/c1-7-8-25-47-42(2)72(3,4)58-40-45(32-34-51(47)58)48-36-38-55-66-62(43-21-11-9-12-22-43)71-67(63(44-23-13-10-14-24-44)70(66)74-60-30-19-16-27-53(60)64(48)68(55)74)56-39-37-49(65-54-28-17-20-31-61(54)75(71)69(56)65)46-33-35-52-50-26-15-18-29-57(50)73(5,6)59(52)41-46/h7-41H,1H2,2-6H3/b25-8-. The van der Waals surface area contributed by atoms with Gasteiger partial charge < -0.3 is 8.80 Å².